The Morgan fingerprint density at radius 2 is 1.68 bits per heavy atom. The number of hydrogen-bond donors (Lipinski definition) is 4. The second-order valence-corrected chi connectivity index (χ2v) is 5.49. The predicted octanol–water partition coefficient (Wildman–Crippen LogP) is 0.583. The highest BCUT2D eigenvalue weighted by Crippen LogP contribution is 2.13. The summed E-state index contributed by atoms with van der Waals surface area (Å²) in [4.78, 5) is 33.8. The van der Waals surface area contributed by atoms with Gasteiger partial charge in [-0.2, -0.15) is 0 Å². The molecule has 7 heteroatoms. The first kappa shape index (κ1) is 17.2. The summed E-state index contributed by atoms with van der Waals surface area (Å²) in [5.41, 5.74) is 2.91. The van der Waals surface area contributed by atoms with E-state index in [0.717, 1.165) is 0 Å². The van der Waals surface area contributed by atoms with Gasteiger partial charge < -0.3 is 21.5 Å². The Kier molecular flexibility index (Phi) is 5.80. The van der Waals surface area contributed by atoms with Gasteiger partial charge in [0.2, 0.25) is 5.91 Å². The number of hydrogen-bond acceptors (Lipinski definition) is 3. The van der Waals surface area contributed by atoms with Gasteiger partial charge in [-0.15, -0.1) is 0 Å². The third-order valence-electron chi connectivity index (χ3n) is 2.68. The van der Waals surface area contributed by atoms with Crippen molar-refractivity contribution in [3.8, 4) is 0 Å². The van der Waals surface area contributed by atoms with Gasteiger partial charge in [-0.3, -0.25) is 4.79 Å². The molecule has 5 N–H and O–H groups in total. The van der Waals surface area contributed by atoms with Gasteiger partial charge >= 0.3 is 12.0 Å². The fourth-order valence-corrected chi connectivity index (χ4v) is 1.79. The maximum absolute atomic E-state index is 11.8. The molecule has 0 rings (SSSR count). The van der Waals surface area contributed by atoms with E-state index in [0.29, 0.717) is 12.8 Å². The van der Waals surface area contributed by atoms with Crippen LogP contribution in [0.4, 0.5) is 4.79 Å². The van der Waals surface area contributed by atoms with Crippen molar-refractivity contribution in [1.29, 1.82) is 0 Å². The minimum absolute atomic E-state index is 0.0298. The Morgan fingerprint density at radius 1 is 1.16 bits per heavy atom. The van der Waals surface area contributed by atoms with E-state index < -0.39 is 29.0 Å². The first-order chi connectivity index (χ1) is 8.52. The van der Waals surface area contributed by atoms with Crippen LogP contribution in [0.5, 0.6) is 0 Å². The number of carbonyl (C=O) groups is 3. The summed E-state index contributed by atoms with van der Waals surface area (Å²) < 4.78 is 0. The van der Waals surface area contributed by atoms with Crippen LogP contribution in [0.3, 0.4) is 0 Å². The summed E-state index contributed by atoms with van der Waals surface area (Å²) in [5.74, 6) is -1.64. The van der Waals surface area contributed by atoms with E-state index in [2.05, 4.69) is 10.6 Å². The fourth-order valence-electron chi connectivity index (χ4n) is 1.79. The number of carboxylic acids is 1. The Bertz CT molecular complexity index is 368. The summed E-state index contributed by atoms with van der Waals surface area (Å²) in [6.07, 6.45) is 0.901. The molecule has 0 heterocycles. The minimum atomic E-state index is -1.33. The van der Waals surface area contributed by atoms with Crippen LogP contribution >= 0.6 is 0 Å². The Balaban J connectivity index is 4.67. The summed E-state index contributed by atoms with van der Waals surface area (Å²) >= 11 is 0. The molecule has 3 amide bonds. The van der Waals surface area contributed by atoms with Crippen LogP contribution in [0.1, 0.15) is 47.0 Å². The van der Waals surface area contributed by atoms with Crippen molar-refractivity contribution in [2.24, 2.45) is 5.73 Å². The molecule has 0 aromatic carbocycles. The molecule has 0 aromatic heterocycles. The summed E-state index contributed by atoms with van der Waals surface area (Å²) in [6.45, 7) is 6.54. The molecule has 1 unspecified atom stereocenters. The molecular weight excluding hydrogens is 250 g/mol. The number of carboxylic acid groups (broad SMARTS) is 1. The van der Waals surface area contributed by atoms with E-state index in [-0.39, 0.29) is 6.42 Å². The number of amides is 3. The average molecular weight is 273 g/mol. The third kappa shape index (κ3) is 6.08. The molecule has 0 radical (unpaired) electrons. The van der Waals surface area contributed by atoms with Gasteiger partial charge in [0, 0.05) is 12.0 Å². The van der Waals surface area contributed by atoms with Crippen molar-refractivity contribution in [3.05, 3.63) is 0 Å². The van der Waals surface area contributed by atoms with Gasteiger partial charge in [0.1, 0.15) is 5.54 Å². The van der Waals surface area contributed by atoms with Crippen LogP contribution in [-0.4, -0.2) is 34.1 Å². The van der Waals surface area contributed by atoms with Crippen molar-refractivity contribution in [3.63, 3.8) is 0 Å². The largest absolute Gasteiger partial charge is 0.480 e. The summed E-state index contributed by atoms with van der Waals surface area (Å²) in [7, 11) is 0. The molecule has 0 fully saturated rings. The zero-order valence-corrected chi connectivity index (χ0v) is 11.9. The molecular formula is C12H23N3O4. The topological polar surface area (TPSA) is 122 Å². The normalized spacial score (nSPS) is 14.3. The fraction of sp³-hybridized carbons (Fsp3) is 0.750. The van der Waals surface area contributed by atoms with E-state index in [9.17, 15) is 14.4 Å². The third-order valence-corrected chi connectivity index (χ3v) is 2.68. The predicted molar refractivity (Wildman–Crippen MR) is 70.5 cm³/mol. The van der Waals surface area contributed by atoms with Crippen LogP contribution in [0, 0.1) is 0 Å². The lowest BCUT2D eigenvalue weighted by Crippen LogP contribution is -2.59. The van der Waals surface area contributed by atoms with Gasteiger partial charge in [0.05, 0.1) is 0 Å². The van der Waals surface area contributed by atoms with Crippen LogP contribution in [0.15, 0.2) is 0 Å². The molecule has 0 aromatic rings. The van der Waals surface area contributed by atoms with Gasteiger partial charge in [0.15, 0.2) is 0 Å². The number of aliphatic carboxylic acids is 1. The Morgan fingerprint density at radius 3 is 2.05 bits per heavy atom. The van der Waals surface area contributed by atoms with Crippen LogP contribution in [0.2, 0.25) is 0 Å². The molecule has 0 aliphatic heterocycles. The van der Waals surface area contributed by atoms with Crippen molar-refractivity contribution in [2.45, 2.75) is 58.0 Å². The summed E-state index contributed by atoms with van der Waals surface area (Å²) in [6, 6.07) is -0.635. The van der Waals surface area contributed by atoms with E-state index in [1.165, 1.54) is 6.92 Å². The molecule has 110 valence electrons. The maximum Gasteiger partial charge on any atom is 0.329 e. The van der Waals surface area contributed by atoms with E-state index in [4.69, 9.17) is 10.8 Å². The number of rotatable bonds is 7. The highest BCUT2D eigenvalue weighted by Gasteiger charge is 2.35. The van der Waals surface area contributed by atoms with Gasteiger partial charge in [-0.25, -0.2) is 9.59 Å². The van der Waals surface area contributed by atoms with Crippen molar-refractivity contribution >= 4 is 17.9 Å². The van der Waals surface area contributed by atoms with Crippen molar-refractivity contribution in [1.82, 2.24) is 10.6 Å². The Labute approximate surface area is 112 Å². The second kappa shape index (κ2) is 6.40. The van der Waals surface area contributed by atoms with Crippen LogP contribution in [0.25, 0.3) is 0 Å². The number of nitrogens with one attached hydrogen (secondary N) is 2. The minimum Gasteiger partial charge on any atom is -0.480 e. The van der Waals surface area contributed by atoms with Gasteiger partial charge in [0.25, 0.3) is 0 Å². The SMILES string of the molecule is CCCC(C)(NC(=O)NC(C)(C)CC(N)=O)C(=O)O. The number of primary amides is 1. The molecule has 19 heavy (non-hydrogen) atoms. The molecule has 0 aliphatic rings. The first-order valence-electron chi connectivity index (χ1n) is 6.14. The maximum atomic E-state index is 11.8. The van der Waals surface area contributed by atoms with Crippen molar-refractivity contribution < 1.29 is 19.5 Å². The van der Waals surface area contributed by atoms with Gasteiger partial charge in [-0.05, 0) is 27.2 Å². The van der Waals surface area contributed by atoms with Gasteiger partial charge in [-0.1, -0.05) is 13.3 Å². The van der Waals surface area contributed by atoms with Crippen LogP contribution < -0.4 is 16.4 Å². The monoisotopic (exact) mass is 273 g/mol. The van der Waals surface area contributed by atoms with E-state index in [1.807, 2.05) is 6.92 Å². The Hall–Kier alpha value is -1.79. The lowest BCUT2D eigenvalue weighted by Gasteiger charge is -2.30. The number of nitrogens with two attached hydrogens (primary N) is 1. The molecule has 1 atom stereocenters. The molecule has 0 spiro atoms. The lowest BCUT2D eigenvalue weighted by atomic mass is 9.96. The highest BCUT2D eigenvalue weighted by molar-refractivity contribution is 5.86. The lowest BCUT2D eigenvalue weighted by molar-refractivity contribution is -0.144. The van der Waals surface area contributed by atoms with E-state index >= 15 is 0 Å². The van der Waals surface area contributed by atoms with E-state index in [1.54, 1.807) is 13.8 Å². The molecule has 0 aliphatic carbocycles. The number of urea groups is 1. The van der Waals surface area contributed by atoms with Crippen LogP contribution in [-0.2, 0) is 9.59 Å². The zero-order valence-electron chi connectivity index (χ0n) is 11.9. The quantitative estimate of drug-likeness (QED) is 0.542. The van der Waals surface area contributed by atoms with Crippen molar-refractivity contribution in [2.75, 3.05) is 0 Å². The average Bonchev–Trinajstić information content (AvgIpc) is 2.13. The molecule has 0 saturated carbocycles. The zero-order chi connectivity index (χ0) is 15.3. The molecule has 0 bridgehead atoms. The summed E-state index contributed by atoms with van der Waals surface area (Å²) in [5, 5.41) is 14.1. The standard InChI is InChI=1S/C12H23N3O4/c1-5-6-12(4,9(17)18)15-10(19)14-11(2,3)7-8(13)16/h5-7H2,1-4H3,(H2,13,16)(H,17,18)(H2,14,15,19). The smallest absolute Gasteiger partial charge is 0.329 e. The molecule has 7 nitrogen and oxygen atoms in total. The highest BCUT2D eigenvalue weighted by atomic mass is 16.4. The first-order valence-corrected chi connectivity index (χ1v) is 6.14. The second-order valence-electron chi connectivity index (χ2n) is 5.49. The number of carbonyl (C=O) groups excluding carboxylic acids is 2. The molecule has 0 saturated heterocycles.